The summed E-state index contributed by atoms with van der Waals surface area (Å²) in [5.41, 5.74) is 0.748. The molecule has 1 saturated carbocycles. The van der Waals surface area contributed by atoms with E-state index in [4.69, 9.17) is 9.15 Å². The molecule has 7 nitrogen and oxygen atoms in total. The fourth-order valence-corrected chi connectivity index (χ4v) is 4.59. The van der Waals surface area contributed by atoms with Crippen LogP contribution in [-0.2, 0) is 11.3 Å². The number of benzene rings is 1. The van der Waals surface area contributed by atoms with Crippen molar-refractivity contribution in [3.63, 3.8) is 0 Å². The number of methoxy groups -OCH3 is 1. The smallest absolute Gasteiger partial charge is 0.406 e. The van der Waals surface area contributed by atoms with Crippen molar-refractivity contribution in [2.24, 2.45) is 5.92 Å². The molecule has 0 radical (unpaired) electrons. The number of rotatable bonds is 10. The molecule has 3 aromatic rings. The van der Waals surface area contributed by atoms with Crippen LogP contribution in [0.25, 0.3) is 11.4 Å². The number of furan rings is 1. The van der Waals surface area contributed by atoms with E-state index >= 15 is 0 Å². The molecule has 4 rings (SSSR count). The maximum absolute atomic E-state index is 13.2. The zero-order valence-corrected chi connectivity index (χ0v) is 19.6. The molecule has 0 aliphatic heterocycles. The van der Waals surface area contributed by atoms with Gasteiger partial charge in [0.2, 0.25) is 5.91 Å². The molecule has 0 spiro atoms. The molecule has 0 bridgehead atoms. The first-order valence-electron chi connectivity index (χ1n) is 10.8. The average molecular weight is 495 g/mol. The summed E-state index contributed by atoms with van der Waals surface area (Å²) in [5.74, 6) is 1.20. The second-order valence-electron chi connectivity index (χ2n) is 8.21. The highest BCUT2D eigenvalue weighted by Gasteiger charge is 2.40. The quantitative estimate of drug-likeness (QED) is 0.374. The molecule has 1 aromatic carbocycles. The van der Waals surface area contributed by atoms with Crippen LogP contribution >= 0.6 is 11.8 Å². The second kappa shape index (κ2) is 10.1. The number of halogens is 3. The first kappa shape index (κ1) is 24.2. The molecule has 1 aliphatic rings. The average Bonchev–Trinajstić information content (AvgIpc) is 3.39. The summed E-state index contributed by atoms with van der Waals surface area (Å²) in [6, 6.07) is 10.4. The van der Waals surface area contributed by atoms with Crippen LogP contribution in [-0.4, -0.2) is 57.2 Å². The van der Waals surface area contributed by atoms with Crippen LogP contribution in [0, 0.1) is 5.92 Å². The van der Waals surface area contributed by atoms with E-state index in [9.17, 15) is 18.0 Å². The Morgan fingerprint density at radius 2 is 2.09 bits per heavy atom. The van der Waals surface area contributed by atoms with Gasteiger partial charge in [-0.25, -0.2) is 0 Å². The zero-order chi connectivity index (χ0) is 24.3. The number of hydrogen-bond donors (Lipinski definition) is 0. The van der Waals surface area contributed by atoms with E-state index < -0.39 is 24.7 Å². The van der Waals surface area contributed by atoms with Crippen molar-refractivity contribution in [1.29, 1.82) is 0 Å². The summed E-state index contributed by atoms with van der Waals surface area (Å²) >= 11 is 1.06. The Morgan fingerprint density at radius 1 is 1.29 bits per heavy atom. The summed E-state index contributed by atoms with van der Waals surface area (Å²) in [4.78, 5) is 13.8. The molecule has 1 amide bonds. The molecule has 34 heavy (non-hydrogen) atoms. The predicted octanol–water partition coefficient (Wildman–Crippen LogP) is 4.88. The highest BCUT2D eigenvalue weighted by atomic mass is 32.2. The summed E-state index contributed by atoms with van der Waals surface area (Å²) in [6.45, 7) is 0.734. The topological polar surface area (TPSA) is 73.4 Å². The molecular formula is C23H25F3N4O3S. The van der Waals surface area contributed by atoms with E-state index in [-0.39, 0.29) is 11.7 Å². The number of aromatic nitrogens is 3. The molecule has 182 valence electrons. The van der Waals surface area contributed by atoms with Crippen LogP contribution < -0.4 is 4.74 Å². The van der Waals surface area contributed by atoms with Gasteiger partial charge >= 0.3 is 6.18 Å². The van der Waals surface area contributed by atoms with Crippen molar-refractivity contribution >= 4 is 17.7 Å². The summed E-state index contributed by atoms with van der Waals surface area (Å²) in [5, 5.41) is 8.93. The minimum atomic E-state index is -4.46. The lowest BCUT2D eigenvalue weighted by Crippen LogP contribution is -2.46. The molecule has 0 N–H and O–H groups in total. The molecule has 1 atom stereocenters. The van der Waals surface area contributed by atoms with E-state index in [0.29, 0.717) is 29.0 Å². The number of carbonyl (C=O) groups excluding carboxylic acids is 1. The molecule has 11 heteroatoms. The van der Waals surface area contributed by atoms with Crippen LogP contribution in [0.2, 0.25) is 0 Å². The van der Waals surface area contributed by atoms with E-state index in [2.05, 4.69) is 10.2 Å². The highest BCUT2D eigenvalue weighted by molar-refractivity contribution is 7.99. The van der Waals surface area contributed by atoms with Crippen molar-refractivity contribution in [2.75, 3.05) is 19.4 Å². The molecule has 1 unspecified atom stereocenters. The van der Waals surface area contributed by atoms with E-state index in [1.54, 1.807) is 43.1 Å². The summed E-state index contributed by atoms with van der Waals surface area (Å²) in [7, 11) is 1.56. The van der Waals surface area contributed by atoms with Gasteiger partial charge in [0, 0.05) is 11.6 Å². The van der Waals surface area contributed by atoms with Gasteiger partial charge in [-0.2, -0.15) is 13.2 Å². The van der Waals surface area contributed by atoms with Gasteiger partial charge in [-0.05, 0) is 49.9 Å². The third-order valence-corrected chi connectivity index (χ3v) is 6.68. The van der Waals surface area contributed by atoms with Crippen LogP contribution in [0.4, 0.5) is 13.2 Å². The maximum Gasteiger partial charge on any atom is 0.406 e. The summed E-state index contributed by atoms with van der Waals surface area (Å²) in [6.07, 6.45) is -1.22. The Morgan fingerprint density at radius 3 is 2.74 bits per heavy atom. The van der Waals surface area contributed by atoms with Crippen molar-refractivity contribution < 1.29 is 27.1 Å². The molecular weight excluding hydrogens is 469 g/mol. The fraction of sp³-hybridized carbons (Fsp3) is 0.435. The largest absolute Gasteiger partial charge is 0.497 e. The number of hydrogen-bond acceptors (Lipinski definition) is 6. The van der Waals surface area contributed by atoms with Gasteiger partial charge in [0.1, 0.15) is 18.1 Å². The molecule has 1 fully saturated rings. The zero-order valence-electron chi connectivity index (χ0n) is 18.8. The van der Waals surface area contributed by atoms with Gasteiger partial charge in [-0.3, -0.25) is 9.36 Å². The molecule has 1 aliphatic carbocycles. The number of thioether (sulfide) groups is 1. The molecule has 2 heterocycles. The normalized spacial score (nSPS) is 14.7. The first-order chi connectivity index (χ1) is 16.2. The van der Waals surface area contributed by atoms with Gasteiger partial charge < -0.3 is 14.1 Å². The van der Waals surface area contributed by atoms with Crippen LogP contribution in [0.3, 0.4) is 0 Å². The second-order valence-corrected chi connectivity index (χ2v) is 9.15. The minimum absolute atomic E-state index is 0.124. The summed E-state index contributed by atoms with van der Waals surface area (Å²) < 4.78 is 52.0. The Balaban J connectivity index is 1.56. The van der Waals surface area contributed by atoms with Crippen LogP contribution in [0.15, 0.2) is 52.2 Å². The Hall–Kier alpha value is -2.95. The Bertz CT molecular complexity index is 1110. The van der Waals surface area contributed by atoms with Crippen molar-refractivity contribution in [2.45, 2.75) is 43.7 Å². The van der Waals surface area contributed by atoms with E-state index in [0.717, 1.165) is 35.1 Å². The Kier molecular flexibility index (Phi) is 7.20. The van der Waals surface area contributed by atoms with Crippen molar-refractivity contribution in [1.82, 2.24) is 19.7 Å². The third-order valence-electron chi connectivity index (χ3n) is 5.73. The van der Waals surface area contributed by atoms with Gasteiger partial charge in [0.25, 0.3) is 0 Å². The SMILES string of the molecule is COc1cccc(-c2nnc(SCC(=O)N(CC(F)(F)F)C(C)C3CC3)n2Cc2ccco2)c1. The van der Waals surface area contributed by atoms with Crippen molar-refractivity contribution in [3.8, 4) is 17.1 Å². The van der Waals surface area contributed by atoms with E-state index in [1.807, 2.05) is 18.2 Å². The lowest BCUT2D eigenvalue weighted by molar-refractivity contribution is -0.164. The maximum atomic E-state index is 13.2. The van der Waals surface area contributed by atoms with Gasteiger partial charge in [0.05, 0.1) is 25.7 Å². The third kappa shape index (κ3) is 5.94. The number of alkyl halides is 3. The standard InChI is InChI=1S/C23H25F3N4O3S/c1-15(16-8-9-16)30(14-23(24,25)26)20(31)13-34-22-28-27-21(17-5-3-6-18(11-17)32-2)29(22)12-19-7-4-10-33-19/h3-7,10-11,15-16H,8-9,12-14H2,1-2H3. The molecule has 2 aromatic heterocycles. The van der Waals surface area contributed by atoms with Gasteiger partial charge in [-0.15, -0.1) is 10.2 Å². The minimum Gasteiger partial charge on any atom is -0.497 e. The number of carbonyl (C=O) groups is 1. The van der Waals surface area contributed by atoms with Crippen LogP contribution in [0.1, 0.15) is 25.5 Å². The molecule has 0 saturated heterocycles. The van der Waals surface area contributed by atoms with E-state index in [1.165, 1.54) is 0 Å². The monoisotopic (exact) mass is 494 g/mol. The first-order valence-corrected chi connectivity index (χ1v) is 11.8. The predicted molar refractivity (Wildman–Crippen MR) is 120 cm³/mol. The number of nitrogens with zero attached hydrogens (tertiary/aromatic N) is 4. The van der Waals surface area contributed by atoms with Crippen molar-refractivity contribution in [3.05, 3.63) is 48.4 Å². The van der Waals surface area contributed by atoms with Crippen LogP contribution in [0.5, 0.6) is 5.75 Å². The fourth-order valence-electron chi connectivity index (χ4n) is 3.77. The lowest BCUT2D eigenvalue weighted by atomic mass is 10.2. The highest BCUT2D eigenvalue weighted by Crippen LogP contribution is 2.37. The van der Waals surface area contributed by atoms with Gasteiger partial charge in [-0.1, -0.05) is 23.9 Å². The number of amides is 1. The lowest BCUT2D eigenvalue weighted by Gasteiger charge is -2.30. The van der Waals surface area contributed by atoms with Gasteiger partial charge in [0.15, 0.2) is 11.0 Å². The number of ether oxygens (including phenoxy) is 1. The Labute approximate surface area is 199 Å².